The molecule has 5 rings (SSSR count). The minimum atomic E-state index is -0.380. The lowest BCUT2D eigenvalue weighted by molar-refractivity contribution is 0.0105. The van der Waals surface area contributed by atoms with E-state index in [1.165, 1.54) is 11.1 Å². The molecule has 1 N–H and O–H groups in total. The first kappa shape index (κ1) is 17.7. The summed E-state index contributed by atoms with van der Waals surface area (Å²) in [5.41, 5.74) is 3.33. The second-order valence-electron chi connectivity index (χ2n) is 8.16. The van der Waals surface area contributed by atoms with Crippen LogP contribution in [0.2, 0.25) is 0 Å². The smallest absolute Gasteiger partial charge is 0.139 e. The van der Waals surface area contributed by atoms with Crippen LogP contribution >= 0.6 is 0 Å². The number of likely N-dealkylation sites (N-methyl/N-ethyl adjacent to an activating group) is 1. The number of aliphatic hydroxyl groups excluding tert-OH is 1. The van der Waals surface area contributed by atoms with E-state index in [1.54, 1.807) is 6.26 Å². The molecule has 1 aliphatic heterocycles. The molecule has 1 saturated heterocycles. The van der Waals surface area contributed by atoms with E-state index in [-0.39, 0.29) is 17.6 Å². The molecule has 146 valence electrons. The molecule has 1 aromatic carbocycles. The van der Waals surface area contributed by atoms with Gasteiger partial charge in [0.05, 0.1) is 23.8 Å². The maximum atomic E-state index is 11.5. The number of piperidine rings is 1. The van der Waals surface area contributed by atoms with Gasteiger partial charge in [-0.05, 0) is 49.7 Å². The van der Waals surface area contributed by atoms with Crippen molar-refractivity contribution in [1.82, 2.24) is 9.88 Å². The van der Waals surface area contributed by atoms with Crippen LogP contribution in [0, 0.1) is 0 Å². The first-order valence-electron chi connectivity index (χ1n) is 10.2. The molecule has 28 heavy (non-hydrogen) atoms. The van der Waals surface area contributed by atoms with Crippen molar-refractivity contribution in [2.24, 2.45) is 0 Å². The molecule has 2 atom stereocenters. The molecule has 1 fully saturated rings. The summed E-state index contributed by atoms with van der Waals surface area (Å²) in [4.78, 5) is 9.25. The van der Waals surface area contributed by atoms with Crippen LogP contribution in [0.1, 0.15) is 36.9 Å². The van der Waals surface area contributed by atoms with Crippen LogP contribution < -0.4 is 4.90 Å². The molecular weight excluding hydrogens is 350 g/mol. The van der Waals surface area contributed by atoms with Gasteiger partial charge in [-0.3, -0.25) is 4.90 Å². The maximum absolute atomic E-state index is 11.5. The second kappa shape index (κ2) is 6.61. The highest BCUT2D eigenvalue weighted by atomic mass is 16.3. The Bertz CT molecular complexity index is 990. The fourth-order valence-corrected chi connectivity index (χ4v) is 5.33. The standard InChI is InChI=1S/C23H27N3O2/c1-3-25(2)20-16-6-4-5-7-18(16)23(21(20)27)10-13-26(14-11-23)22-17-9-15-28-19(17)8-12-24-22/h4-9,12,15,20-21,27H,3,10-11,13-14H2,1-2H3/t20-,21+/m1/s1. The number of hydrogen-bond donors (Lipinski definition) is 1. The Labute approximate surface area is 165 Å². The molecule has 0 bridgehead atoms. The molecule has 0 amide bonds. The quantitative estimate of drug-likeness (QED) is 0.754. The fourth-order valence-electron chi connectivity index (χ4n) is 5.33. The summed E-state index contributed by atoms with van der Waals surface area (Å²) in [7, 11) is 2.11. The molecule has 2 aliphatic rings. The van der Waals surface area contributed by atoms with E-state index in [0.29, 0.717) is 0 Å². The molecule has 5 nitrogen and oxygen atoms in total. The zero-order valence-electron chi connectivity index (χ0n) is 16.5. The van der Waals surface area contributed by atoms with Crippen LogP contribution in [0.4, 0.5) is 5.82 Å². The summed E-state index contributed by atoms with van der Waals surface area (Å²) in [6, 6.07) is 12.6. The summed E-state index contributed by atoms with van der Waals surface area (Å²) in [6.45, 7) is 4.83. The number of hydrogen-bond acceptors (Lipinski definition) is 5. The summed E-state index contributed by atoms with van der Waals surface area (Å²) in [5.74, 6) is 0.990. The van der Waals surface area contributed by atoms with E-state index in [0.717, 1.165) is 49.3 Å². The first-order valence-corrected chi connectivity index (χ1v) is 10.2. The Kier molecular flexibility index (Phi) is 4.18. The summed E-state index contributed by atoms with van der Waals surface area (Å²) in [5, 5.41) is 12.6. The van der Waals surface area contributed by atoms with Gasteiger partial charge in [0, 0.05) is 24.7 Å². The van der Waals surface area contributed by atoms with Gasteiger partial charge in [-0.15, -0.1) is 0 Å². The van der Waals surface area contributed by atoms with Gasteiger partial charge in [-0.2, -0.15) is 0 Å². The second-order valence-corrected chi connectivity index (χ2v) is 8.16. The third-order valence-electron chi connectivity index (χ3n) is 6.97. The number of aliphatic hydroxyl groups is 1. The normalized spacial score (nSPS) is 23.6. The lowest BCUT2D eigenvalue weighted by Gasteiger charge is -2.44. The molecule has 0 unspecified atom stereocenters. The van der Waals surface area contributed by atoms with Crippen molar-refractivity contribution < 1.29 is 9.52 Å². The average molecular weight is 377 g/mol. The zero-order chi connectivity index (χ0) is 19.3. The first-order chi connectivity index (χ1) is 13.7. The van der Waals surface area contributed by atoms with E-state index < -0.39 is 0 Å². The third-order valence-corrected chi connectivity index (χ3v) is 6.97. The summed E-state index contributed by atoms with van der Waals surface area (Å²) in [6.07, 6.45) is 5.01. The Morgan fingerprint density at radius 2 is 2.00 bits per heavy atom. The van der Waals surface area contributed by atoms with Crippen molar-refractivity contribution in [3.05, 3.63) is 60.0 Å². The number of fused-ring (bicyclic) bond motifs is 3. The van der Waals surface area contributed by atoms with E-state index in [4.69, 9.17) is 4.42 Å². The number of furan rings is 1. The van der Waals surface area contributed by atoms with Crippen LogP contribution in [0.15, 0.2) is 53.3 Å². The molecule has 2 aromatic heterocycles. The van der Waals surface area contributed by atoms with Crippen LogP contribution in [-0.2, 0) is 5.41 Å². The highest BCUT2D eigenvalue weighted by molar-refractivity contribution is 5.88. The lowest BCUT2D eigenvalue weighted by atomic mass is 9.72. The van der Waals surface area contributed by atoms with Gasteiger partial charge in [-0.25, -0.2) is 4.98 Å². The molecule has 3 heterocycles. The Morgan fingerprint density at radius 3 is 2.79 bits per heavy atom. The molecule has 1 spiro atoms. The van der Waals surface area contributed by atoms with Crippen molar-refractivity contribution in [3.8, 4) is 0 Å². The number of rotatable bonds is 3. The van der Waals surface area contributed by atoms with Crippen LogP contribution in [-0.4, -0.2) is 47.8 Å². The predicted octanol–water partition coefficient (Wildman–Crippen LogP) is 3.73. The van der Waals surface area contributed by atoms with Crippen LogP contribution in [0.3, 0.4) is 0 Å². The van der Waals surface area contributed by atoms with Gasteiger partial charge in [0.2, 0.25) is 0 Å². The topological polar surface area (TPSA) is 52.7 Å². The number of aromatic nitrogens is 1. The van der Waals surface area contributed by atoms with Gasteiger partial charge in [0.15, 0.2) is 0 Å². The number of anilines is 1. The number of nitrogens with zero attached hydrogens (tertiary/aromatic N) is 3. The van der Waals surface area contributed by atoms with Crippen LogP contribution in [0.25, 0.3) is 11.0 Å². The van der Waals surface area contributed by atoms with Gasteiger partial charge in [0.1, 0.15) is 11.4 Å². The number of pyridine rings is 1. The van der Waals surface area contributed by atoms with E-state index in [1.807, 2.05) is 18.3 Å². The predicted molar refractivity (Wildman–Crippen MR) is 111 cm³/mol. The van der Waals surface area contributed by atoms with E-state index >= 15 is 0 Å². The fraction of sp³-hybridized carbons (Fsp3) is 0.435. The average Bonchev–Trinajstić information content (AvgIpc) is 3.31. The Morgan fingerprint density at radius 1 is 1.21 bits per heavy atom. The van der Waals surface area contributed by atoms with Crippen molar-refractivity contribution >= 4 is 16.8 Å². The monoisotopic (exact) mass is 377 g/mol. The molecule has 0 radical (unpaired) electrons. The molecule has 5 heteroatoms. The number of benzene rings is 1. The minimum absolute atomic E-state index is 0.0724. The molecular formula is C23H27N3O2. The van der Waals surface area contributed by atoms with Crippen molar-refractivity contribution in [1.29, 1.82) is 0 Å². The minimum Gasteiger partial charge on any atom is -0.464 e. The van der Waals surface area contributed by atoms with E-state index in [2.05, 4.69) is 53.0 Å². The lowest BCUT2D eigenvalue weighted by Crippen LogP contribution is -2.49. The van der Waals surface area contributed by atoms with Crippen molar-refractivity contribution in [3.63, 3.8) is 0 Å². The zero-order valence-corrected chi connectivity index (χ0v) is 16.5. The highest BCUT2D eigenvalue weighted by Crippen LogP contribution is 2.52. The van der Waals surface area contributed by atoms with Gasteiger partial charge < -0.3 is 14.4 Å². The highest BCUT2D eigenvalue weighted by Gasteiger charge is 2.53. The summed E-state index contributed by atoms with van der Waals surface area (Å²) < 4.78 is 5.55. The van der Waals surface area contributed by atoms with Crippen molar-refractivity contribution in [2.75, 3.05) is 31.6 Å². The Balaban J connectivity index is 1.47. The maximum Gasteiger partial charge on any atom is 0.139 e. The largest absolute Gasteiger partial charge is 0.464 e. The Hall–Kier alpha value is -2.37. The summed E-state index contributed by atoms with van der Waals surface area (Å²) >= 11 is 0. The van der Waals surface area contributed by atoms with Gasteiger partial charge in [0.25, 0.3) is 0 Å². The molecule has 0 saturated carbocycles. The van der Waals surface area contributed by atoms with E-state index in [9.17, 15) is 5.11 Å². The van der Waals surface area contributed by atoms with Gasteiger partial charge in [-0.1, -0.05) is 31.2 Å². The molecule has 1 aliphatic carbocycles. The SMILES string of the molecule is CCN(C)[C@@H]1c2ccccc2C2(CCN(c3nccc4occc34)CC2)[C@H]1O. The van der Waals surface area contributed by atoms with Crippen LogP contribution in [0.5, 0.6) is 0 Å². The van der Waals surface area contributed by atoms with Crippen molar-refractivity contribution in [2.45, 2.75) is 37.3 Å². The van der Waals surface area contributed by atoms with Gasteiger partial charge >= 0.3 is 0 Å². The molecule has 3 aromatic rings. The third kappa shape index (κ3) is 2.43.